The molecule has 6 nitrogen and oxygen atoms in total. The third kappa shape index (κ3) is 3.67. The predicted molar refractivity (Wildman–Crippen MR) is 69.5 cm³/mol. The minimum absolute atomic E-state index is 0.00668. The van der Waals surface area contributed by atoms with E-state index in [0.29, 0.717) is 29.7 Å². The van der Waals surface area contributed by atoms with Crippen molar-refractivity contribution in [3.63, 3.8) is 0 Å². The van der Waals surface area contributed by atoms with E-state index < -0.39 is 17.0 Å². The monoisotopic (exact) mass is 267 g/mol. The van der Waals surface area contributed by atoms with Gasteiger partial charge in [-0.3, -0.25) is 10.1 Å². The van der Waals surface area contributed by atoms with E-state index in [-0.39, 0.29) is 5.69 Å². The van der Waals surface area contributed by atoms with Crippen molar-refractivity contribution >= 4 is 11.7 Å². The van der Waals surface area contributed by atoms with E-state index in [4.69, 9.17) is 9.84 Å². The lowest BCUT2D eigenvalue weighted by molar-refractivity contribution is -0.385. The molecular formula is C13H17NO5. The number of hydrogen-bond donors (Lipinski definition) is 1. The Kier molecular flexibility index (Phi) is 4.86. The van der Waals surface area contributed by atoms with Gasteiger partial charge in [-0.1, -0.05) is 13.3 Å². The molecule has 0 aliphatic carbocycles. The van der Waals surface area contributed by atoms with Crippen molar-refractivity contribution in [2.75, 3.05) is 0 Å². The fraction of sp³-hybridized carbons (Fsp3) is 0.462. The van der Waals surface area contributed by atoms with Crippen molar-refractivity contribution in [3.05, 3.63) is 33.4 Å². The van der Waals surface area contributed by atoms with Gasteiger partial charge in [-0.25, -0.2) is 4.79 Å². The first-order chi connectivity index (χ1) is 8.86. The topological polar surface area (TPSA) is 89.7 Å². The number of rotatable bonds is 6. The van der Waals surface area contributed by atoms with E-state index in [1.165, 1.54) is 12.1 Å². The fourth-order valence-electron chi connectivity index (χ4n) is 1.75. The van der Waals surface area contributed by atoms with Gasteiger partial charge in [0.1, 0.15) is 5.75 Å². The van der Waals surface area contributed by atoms with Gasteiger partial charge in [0.15, 0.2) is 6.10 Å². The van der Waals surface area contributed by atoms with Gasteiger partial charge < -0.3 is 9.84 Å². The average Bonchev–Trinajstić information content (AvgIpc) is 2.32. The maximum absolute atomic E-state index is 11.0. The summed E-state index contributed by atoms with van der Waals surface area (Å²) in [5.74, 6) is -0.652. The molecule has 0 aromatic heterocycles. The van der Waals surface area contributed by atoms with Gasteiger partial charge in [0.2, 0.25) is 0 Å². The Balaban J connectivity index is 3.04. The summed E-state index contributed by atoms with van der Waals surface area (Å²) in [6, 6.07) is 2.91. The van der Waals surface area contributed by atoms with Crippen molar-refractivity contribution in [1.82, 2.24) is 0 Å². The van der Waals surface area contributed by atoms with E-state index >= 15 is 0 Å². The largest absolute Gasteiger partial charge is 0.479 e. The van der Waals surface area contributed by atoms with E-state index in [1.807, 2.05) is 6.92 Å². The summed E-state index contributed by atoms with van der Waals surface area (Å²) in [4.78, 5) is 21.4. The molecule has 0 aliphatic heterocycles. The molecule has 104 valence electrons. The van der Waals surface area contributed by atoms with Crippen LogP contribution in [0.4, 0.5) is 5.69 Å². The molecule has 0 heterocycles. The highest BCUT2D eigenvalue weighted by Crippen LogP contribution is 2.28. The zero-order valence-corrected chi connectivity index (χ0v) is 11.2. The highest BCUT2D eigenvalue weighted by molar-refractivity contribution is 5.72. The number of aliphatic carboxylic acids is 1. The molecule has 0 saturated heterocycles. The quantitative estimate of drug-likeness (QED) is 0.632. The number of hydrogen-bond acceptors (Lipinski definition) is 4. The third-order valence-electron chi connectivity index (χ3n) is 2.79. The van der Waals surface area contributed by atoms with Crippen LogP contribution in [0, 0.1) is 24.0 Å². The summed E-state index contributed by atoms with van der Waals surface area (Å²) in [5.41, 5.74) is 1.01. The number of ether oxygens (including phenoxy) is 1. The first-order valence-corrected chi connectivity index (χ1v) is 6.02. The van der Waals surface area contributed by atoms with Gasteiger partial charge in [0.05, 0.1) is 4.92 Å². The summed E-state index contributed by atoms with van der Waals surface area (Å²) in [5, 5.41) is 19.8. The average molecular weight is 267 g/mol. The molecule has 0 saturated carbocycles. The third-order valence-corrected chi connectivity index (χ3v) is 2.79. The second kappa shape index (κ2) is 6.17. The normalized spacial score (nSPS) is 11.9. The number of nitro benzene ring substituents is 1. The molecule has 6 heteroatoms. The molecule has 0 aliphatic rings. The van der Waals surface area contributed by atoms with Crippen molar-refractivity contribution in [2.45, 2.75) is 39.7 Å². The molecular weight excluding hydrogens is 250 g/mol. The number of benzene rings is 1. The Morgan fingerprint density at radius 1 is 1.42 bits per heavy atom. The van der Waals surface area contributed by atoms with Crippen LogP contribution in [-0.4, -0.2) is 22.1 Å². The summed E-state index contributed by atoms with van der Waals surface area (Å²) >= 11 is 0. The minimum atomic E-state index is -1.03. The smallest absolute Gasteiger partial charge is 0.344 e. The molecule has 0 radical (unpaired) electrons. The Hall–Kier alpha value is -2.11. The first kappa shape index (κ1) is 14.9. The van der Waals surface area contributed by atoms with E-state index in [0.717, 1.165) is 0 Å². The number of carboxylic acids is 1. The molecule has 1 aromatic carbocycles. The second-order valence-electron chi connectivity index (χ2n) is 4.39. The van der Waals surface area contributed by atoms with Crippen molar-refractivity contribution < 1.29 is 19.6 Å². The maximum Gasteiger partial charge on any atom is 0.344 e. The molecule has 0 bridgehead atoms. The van der Waals surface area contributed by atoms with E-state index in [9.17, 15) is 14.9 Å². The highest BCUT2D eigenvalue weighted by Gasteiger charge is 2.21. The molecule has 1 unspecified atom stereocenters. The zero-order chi connectivity index (χ0) is 14.6. The van der Waals surface area contributed by atoms with Crippen molar-refractivity contribution in [3.8, 4) is 5.75 Å². The minimum Gasteiger partial charge on any atom is -0.479 e. The Morgan fingerprint density at radius 3 is 2.53 bits per heavy atom. The van der Waals surface area contributed by atoms with Crippen LogP contribution >= 0.6 is 0 Å². The van der Waals surface area contributed by atoms with Gasteiger partial charge in [0.25, 0.3) is 5.69 Å². The number of carboxylic acid groups (broad SMARTS) is 1. The number of nitrogens with zero attached hydrogens (tertiary/aromatic N) is 1. The Bertz CT molecular complexity index is 498. The van der Waals surface area contributed by atoms with Crippen LogP contribution in [0.5, 0.6) is 5.75 Å². The fourth-order valence-corrected chi connectivity index (χ4v) is 1.75. The van der Waals surface area contributed by atoms with Gasteiger partial charge >= 0.3 is 5.97 Å². The van der Waals surface area contributed by atoms with Gasteiger partial charge in [-0.15, -0.1) is 0 Å². The first-order valence-electron chi connectivity index (χ1n) is 6.02. The predicted octanol–water partition coefficient (Wildman–Crippen LogP) is 2.84. The van der Waals surface area contributed by atoms with Gasteiger partial charge in [0, 0.05) is 11.6 Å². The second-order valence-corrected chi connectivity index (χ2v) is 4.39. The maximum atomic E-state index is 11.0. The zero-order valence-electron chi connectivity index (χ0n) is 11.2. The van der Waals surface area contributed by atoms with Crippen molar-refractivity contribution in [2.24, 2.45) is 0 Å². The van der Waals surface area contributed by atoms with E-state index in [2.05, 4.69) is 0 Å². The standard InChI is InChI=1S/C13H17NO5/c1-4-5-11(13(15)16)19-12-7-8(2)10(14(17)18)6-9(12)3/h6-7,11H,4-5H2,1-3H3,(H,15,16). The molecule has 1 N–H and O–H groups in total. The van der Waals surface area contributed by atoms with Crippen LogP contribution in [-0.2, 0) is 4.79 Å². The molecule has 0 fully saturated rings. The molecule has 19 heavy (non-hydrogen) atoms. The lowest BCUT2D eigenvalue weighted by Gasteiger charge is -2.16. The molecule has 1 aromatic rings. The summed E-state index contributed by atoms with van der Waals surface area (Å²) in [7, 11) is 0. The number of nitro groups is 1. The van der Waals surface area contributed by atoms with Crippen molar-refractivity contribution in [1.29, 1.82) is 0 Å². The van der Waals surface area contributed by atoms with E-state index in [1.54, 1.807) is 13.8 Å². The lowest BCUT2D eigenvalue weighted by Crippen LogP contribution is -2.27. The molecule has 0 amide bonds. The molecule has 1 atom stereocenters. The summed E-state index contributed by atoms with van der Waals surface area (Å²) in [6.45, 7) is 5.12. The molecule has 0 spiro atoms. The lowest BCUT2D eigenvalue weighted by atomic mass is 10.1. The highest BCUT2D eigenvalue weighted by atomic mass is 16.6. The summed E-state index contributed by atoms with van der Waals surface area (Å²) in [6.07, 6.45) is 0.150. The molecule has 1 rings (SSSR count). The number of aryl methyl sites for hydroxylation is 2. The van der Waals surface area contributed by atoms with Crippen LogP contribution in [0.15, 0.2) is 12.1 Å². The number of carbonyl (C=O) groups is 1. The van der Waals surface area contributed by atoms with Crippen LogP contribution < -0.4 is 4.74 Å². The van der Waals surface area contributed by atoms with Crippen LogP contribution in [0.3, 0.4) is 0 Å². The van der Waals surface area contributed by atoms with Crippen LogP contribution in [0.2, 0.25) is 0 Å². The van der Waals surface area contributed by atoms with Crippen LogP contribution in [0.1, 0.15) is 30.9 Å². The van der Waals surface area contributed by atoms with Gasteiger partial charge in [-0.05, 0) is 31.9 Å². The summed E-state index contributed by atoms with van der Waals surface area (Å²) < 4.78 is 5.44. The Morgan fingerprint density at radius 2 is 2.05 bits per heavy atom. The van der Waals surface area contributed by atoms with Gasteiger partial charge in [-0.2, -0.15) is 0 Å². The SMILES string of the molecule is CCCC(Oc1cc(C)c([N+](=O)[O-])cc1C)C(=O)O. The Labute approximate surface area is 111 Å². The van der Waals surface area contributed by atoms with Crippen LogP contribution in [0.25, 0.3) is 0 Å².